The summed E-state index contributed by atoms with van der Waals surface area (Å²) in [5, 5.41) is 10.6. The molecule has 0 radical (unpaired) electrons. The van der Waals surface area contributed by atoms with Crippen LogP contribution in [0.2, 0.25) is 0 Å². The molecule has 180 valence electrons. The Morgan fingerprint density at radius 2 is 1.83 bits per heavy atom. The quantitative estimate of drug-likeness (QED) is 0.365. The highest BCUT2D eigenvalue weighted by Gasteiger charge is 2.21. The summed E-state index contributed by atoms with van der Waals surface area (Å²) in [5.41, 5.74) is 9.12. The van der Waals surface area contributed by atoms with Crippen molar-refractivity contribution in [2.45, 2.75) is 39.7 Å². The highest BCUT2D eigenvalue weighted by Crippen LogP contribution is 2.27. The maximum atomic E-state index is 12.9. The molecule has 9 nitrogen and oxygen atoms in total. The average molecular weight is 472 g/mol. The van der Waals surface area contributed by atoms with Crippen molar-refractivity contribution in [1.82, 2.24) is 25.1 Å². The maximum Gasteiger partial charge on any atom is 0.320 e. The Labute approximate surface area is 204 Å². The summed E-state index contributed by atoms with van der Waals surface area (Å²) in [6, 6.07) is 18.5. The molecule has 4 rings (SSSR count). The number of nitrogens with zero attached hydrogens (tertiary/aromatic N) is 4. The van der Waals surface area contributed by atoms with Crippen molar-refractivity contribution in [2.24, 2.45) is 0 Å². The van der Waals surface area contributed by atoms with Crippen LogP contribution in [0.5, 0.6) is 11.6 Å². The third-order valence-electron chi connectivity index (χ3n) is 5.27. The second-order valence-corrected chi connectivity index (χ2v) is 9.18. The van der Waals surface area contributed by atoms with Crippen molar-refractivity contribution in [3.63, 3.8) is 0 Å². The lowest BCUT2D eigenvalue weighted by molar-refractivity contribution is 0.251. The number of carbonyl (C=O) groups is 1. The third kappa shape index (κ3) is 5.94. The minimum absolute atomic E-state index is 0.122. The molecular weight excluding hydrogens is 442 g/mol. The number of hydrogen-bond donors (Lipinski definition) is 3. The third-order valence-corrected chi connectivity index (χ3v) is 5.27. The van der Waals surface area contributed by atoms with Gasteiger partial charge < -0.3 is 15.8 Å². The number of para-hydroxylation sites is 1. The Hall–Kier alpha value is -4.40. The standard InChI is InChI=1S/C26H29N7O2/c1-17-9-11-19(12-10-17)33-22(15-21(32-33)26(2,3)4)30-25(34)29-16-18-7-5-6-8-20(18)35-23-13-14-28-24(27)31-23/h5-15H,16H2,1-4H3,(H2,27,28,31)(H2,29,30,34). The molecule has 9 heteroatoms. The summed E-state index contributed by atoms with van der Waals surface area (Å²) in [7, 11) is 0. The predicted octanol–water partition coefficient (Wildman–Crippen LogP) is 4.96. The van der Waals surface area contributed by atoms with Crippen LogP contribution in [-0.2, 0) is 12.0 Å². The maximum absolute atomic E-state index is 12.9. The number of ether oxygens (including phenoxy) is 1. The normalized spacial score (nSPS) is 11.2. The number of nitrogens with one attached hydrogen (secondary N) is 2. The molecule has 35 heavy (non-hydrogen) atoms. The summed E-state index contributed by atoms with van der Waals surface area (Å²) in [5.74, 6) is 1.59. The van der Waals surface area contributed by atoms with Crippen LogP contribution in [0.1, 0.15) is 37.6 Å². The van der Waals surface area contributed by atoms with Gasteiger partial charge in [-0.3, -0.25) is 5.32 Å². The lowest BCUT2D eigenvalue weighted by Gasteiger charge is -2.14. The number of anilines is 2. The van der Waals surface area contributed by atoms with Gasteiger partial charge >= 0.3 is 6.03 Å². The van der Waals surface area contributed by atoms with Gasteiger partial charge in [-0.15, -0.1) is 0 Å². The highest BCUT2D eigenvalue weighted by molar-refractivity contribution is 5.88. The summed E-state index contributed by atoms with van der Waals surface area (Å²) < 4.78 is 7.60. The lowest BCUT2D eigenvalue weighted by atomic mass is 9.92. The van der Waals surface area contributed by atoms with Crippen molar-refractivity contribution in [1.29, 1.82) is 0 Å². The van der Waals surface area contributed by atoms with E-state index in [0.29, 0.717) is 17.4 Å². The number of aryl methyl sites for hydroxylation is 1. The van der Waals surface area contributed by atoms with Gasteiger partial charge in [-0.05, 0) is 25.1 Å². The Balaban J connectivity index is 1.50. The van der Waals surface area contributed by atoms with E-state index in [2.05, 4.69) is 41.4 Å². The van der Waals surface area contributed by atoms with Gasteiger partial charge in [0.15, 0.2) is 0 Å². The van der Waals surface area contributed by atoms with Crippen molar-refractivity contribution in [3.05, 3.63) is 83.7 Å². The Morgan fingerprint density at radius 1 is 1.09 bits per heavy atom. The number of urea groups is 1. The molecule has 0 bridgehead atoms. The van der Waals surface area contributed by atoms with Crippen LogP contribution < -0.4 is 21.1 Å². The van der Waals surface area contributed by atoms with E-state index in [0.717, 1.165) is 22.5 Å². The molecule has 4 aromatic rings. The number of rotatable bonds is 6. The second kappa shape index (κ2) is 9.84. The van der Waals surface area contributed by atoms with Gasteiger partial charge in [0.2, 0.25) is 11.8 Å². The van der Waals surface area contributed by atoms with E-state index in [1.807, 2.05) is 55.5 Å². The van der Waals surface area contributed by atoms with Gasteiger partial charge in [-0.25, -0.2) is 14.5 Å². The zero-order valence-electron chi connectivity index (χ0n) is 20.2. The zero-order valence-corrected chi connectivity index (χ0v) is 20.2. The van der Waals surface area contributed by atoms with Crippen molar-refractivity contribution < 1.29 is 9.53 Å². The van der Waals surface area contributed by atoms with E-state index in [1.54, 1.807) is 16.8 Å². The van der Waals surface area contributed by atoms with Gasteiger partial charge in [0, 0.05) is 35.9 Å². The van der Waals surface area contributed by atoms with Crippen LogP contribution in [0, 0.1) is 6.92 Å². The van der Waals surface area contributed by atoms with Crippen LogP contribution in [0.15, 0.2) is 66.9 Å². The van der Waals surface area contributed by atoms with Gasteiger partial charge in [-0.2, -0.15) is 10.1 Å². The first-order valence-corrected chi connectivity index (χ1v) is 11.3. The molecule has 0 saturated carbocycles. The van der Waals surface area contributed by atoms with Crippen molar-refractivity contribution in [2.75, 3.05) is 11.1 Å². The molecule has 0 aliphatic carbocycles. The van der Waals surface area contributed by atoms with Crippen LogP contribution >= 0.6 is 0 Å². The van der Waals surface area contributed by atoms with Gasteiger partial charge in [0.25, 0.3) is 0 Å². The summed E-state index contributed by atoms with van der Waals surface area (Å²) in [6.45, 7) is 8.53. The number of carbonyl (C=O) groups excluding carboxylic acids is 1. The average Bonchev–Trinajstić information content (AvgIpc) is 3.23. The van der Waals surface area contributed by atoms with Crippen LogP contribution in [0.3, 0.4) is 0 Å². The molecule has 0 spiro atoms. The fourth-order valence-electron chi connectivity index (χ4n) is 3.33. The lowest BCUT2D eigenvalue weighted by Crippen LogP contribution is -2.29. The van der Waals surface area contributed by atoms with E-state index in [-0.39, 0.29) is 23.9 Å². The Bertz CT molecular complexity index is 1320. The largest absolute Gasteiger partial charge is 0.439 e. The van der Waals surface area contributed by atoms with E-state index in [1.165, 1.54) is 6.20 Å². The van der Waals surface area contributed by atoms with E-state index >= 15 is 0 Å². The number of nitrogens with two attached hydrogens (primary N) is 1. The smallest absolute Gasteiger partial charge is 0.320 e. The van der Waals surface area contributed by atoms with E-state index in [9.17, 15) is 4.79 Å². The molecule has 2 aromatic heterocycles. The van der Waals surface area contributed by atoms with Gasteiger partial charge in [0.05, 0.1) is 11.4 Å². The van der Waals surface area contributed by atoms with Crippen molar-refractivity contribution >= 4 is 17.8 Å². The molecule has 2 amide bonds. The Morgan fingerprint density at radius 3 is 2.54 bits per heavy atom. The number of nitrogen functional groups attached to an aromatic ring is 1. The molecule has 4 N–H and O–H groups in total. The first kappa shape index (κ1) is 23.7. The number of hydrogen-bond acceptors (Lipinski definition) is 6. The highest BCUT2D eigenvalue weighted by atomic mass is 16.5. The number of amides is 2. The number of aromatic nitrogens is 4. The van der Waals surface area contributed by atoms with E-state index < -0.39 is 0 Å². The molecule has 0 aliphatic rings. The van der Waals surface area contributed by atoms with Gasteiger partial charge in [-0.1, -0.05) is 56.7 Å². The predicted molar refractivity (Wildman–Crippen MR) is 136 cm³/mol. The zero-order chi connectivity index (χ0) is 25.0. The van der Waals surface area contributed by atoms with Crippen LogP contribution in [0.4, 0.5) is 16.6 Å². The molecule has 2 aromatic carbocycles. The number of benzene rings is 2. The topological polar surface area (TPSA) is 120 Å². The second-order valence-electron chi connectivity index (χ2n) is 9.18. The summed E-state index contributed by atoms with van der Waals surface area (Å²) in [4.78, 5) is 20.8. The summed E-state index contributed by atoms with van der Waals surface area (Å²) in [6.07, 6.45) is 1.52. The van der Waals surface area contributed by atoms with Crippen LogP contribution in [0.25, 0.3) is 5.69 Å². The minimum atomic E-state index is -0.361. The summed E-state index contributed by atoms with van der Waals surface area (Å²) >= 11 is 0. The molecular formula is C26H29N7O2. The first-order valence-electron chi connectivity index (χ1n) is 11.3. The molecule has 0 unspecified atom stereocenters. The van der Waals surface area contributed by atoms with Gasteiger partial charge in [0.1, 0.15) is 11.6 Å². The fraction of sp³-hybridized carbons (Fsp3) is 0.231. The monoisotopic (exact) mass is 471 g/mol. The van der Waals surface area contributed by atoms with Crippen molar-refractivity contribution in [3.8, 4) is 17.3 Å². The first-order chi connectivity index (χ1) is 16.7. The molecule has 0 fully saturated rings. The SMILES string of the molecule is Cc1ccc(-n2nc(C(C)(C)C)cc2NC(=O)NCc2ccccc2Oc2ccnc(N)n2)cc1. The fourth-order valence-corrected chi connectivity index (χ4v) is 3.33. The minimum Gasteiger partial charge on any atom is -0.439 e. The van der Waals surface area contributed by atoms with Crippen LogP contribution in [-0.4, -0.2) is 25.8 Å². The molecule has 0 aliphatic heterocycles. The molecule has 2 heterocycles. The molecule has 0 saturated heterocycles. The van der Waals surface area contributed by atoms with E-state index in [4.69, 9.17) is 15.6 Å². The Kier molecular flexibility index (Phi) is 6.68. The molecule has 0 atom stereocenters.